The van der Waals surface area contributed by atoms with E-state index in [1.54, 1.807) is 12.1 Å². The second kappa shape index (κ2) is 5.47. The van der Waals surface area contributed by atoms with Gasteiger partial charge in [0.25, 0.3) is 0 Å². The number of sulfone groups is 1. The van der Waals surface area contributed by atoms with Gasteiger partial charge in [-0.25, -0.2) is 8.42 Å². The van der Waals surface area contributed by atoms with Crippen LogP contribution < -0.4 is 0 Å². The van der Waals surface area contributed by atoms with Crippen LogP contribution >= 0.6 is 0 Å². The van der Waals surface area contributed by atoms with Gasteiger partial charge in [-0.1, -0.05) is 17.7 Å². The van der Waals surface area contributed by atoms with Gasteiger partial charge in [0.2, 0.25) is 0 Å². The molecule has 17 heavy (non-hydrogen) atoms. The van der Waals surface area contributed by atoms with Gasteiger partial charge >= 0.3 is 0 Å². The van der Waals surface area contributed by atoms with Gasteiger partial charge in [0.05, 0.1) is 11.0 Å². The van der Waals surface area contributed by atoms with E-state index in [-0.39, 0.29) is 4.90 Å². The fourth-order valence-electron chi connectivity index (χ4n) is 1.50. The van der Waals surface area contributed by atoms with Gasteiger partial charge in [-0.15, -0.1) is 6.58 Å². The van der Waals surface area contributed by atoms with Crippen molar-refractivity contribution in [1.29, 1.82) is 0 Å². The molecule has 1 aromatic carbocycles. The Labute approximate surface area is 103 Å². The number of hydrogen-bond acceptors (Lipinski definition) is 3. The Bertz CT molecular complexity index is 503. The molecule has 0 saturated carbocycles. The Morgan fingerprint density at radius 1 is 1.47 bits per heavy atom. The molecule has 4 heteroatoms. The standard InChI is InChI=1S/C13H18O3S/c1-10(2)7-8-13(14)11-5-4-6-12(9-11)17(3,15)16/h4-6,9,13-14H,1,7-8H2,2-3H3. The number of aliphatic hydroxyl groups excluding tert-OH is 1. The van der Waals surface area contributed by atoms with Gasteiger partial charge in [0.15, 0.2) is 9.84 Å². The van der Waals surface area contributed by atoms with Crippen LogP contribution in [0.2, 0.25) is 0 Å². The molecule has 0 aliphatic heterocycles. The lowest BCUT2D eigenvalue weighted by Crippen LogP contribution is -2.02. The lowest BCUT2D eigenvalue weighted by atomic mass is 10.0. The molecule has 1 N–H and O–H groups in total. The molecule has 0 radical (unpaired) electrons. The first kappa shape index (κ1) is 13.9. The van der Waals surface area contributed by atoms with Crippen molar-refractivity contribution >= 4 is 9.84 Å². The maximum absolute atomic E-state index is 11.4. The highest BCUT2D eigenvalue weighted by atomic mass is 32.2. The van der Waals surface area contributed by atoms with Gasteiger partial charge in [-0.3, -0.25) is 0 Å². The smallest absolute Gasteiger partial charge is 0.175 e. The van der Waals surface area contributed by atoms with Crippen LogP contribution in [0, 0.1) is 0 Å². The first-order chi connectivity index (χ1) is 7.80. The molecule has 0 bridgehead atoms. The SMILES string of the molecule is C=C(C)CCC(O)c1cccc(S(C)(=O)=O)c1. The Hall–Kier alpha value is -1.13. The number of aliphatic hydroxyl groups is 1. The maximum atomic E-state index is 11.4. The third kappa shape index (κ3) is 4.32. The first-order valence-electron chi connectivity index (χ1n) is 5.43. The van der Waals surface area contributed by atoms with Crippen molar-refractivity contribution < 1.29 is 13.5 Å². The summed E-state index contributed by atoms with van der Waals surface area (Å²) >= 11 is 0. The van der Waals surface area contributed by atoms with Gasteiger partial charge in [0.1, 0.15) is 0 Å². The van der Waals surface area contributed by atoms with Crippen molar-refractivity contribution in [2.75, 3.05) is 6.26 Å². The normalized spacial score (nSPS) is 13.4. The summed E-state index contributed by atoms with van der Waals surface area (Å²) in [7, 11) is -3.22. The van der Waals surface area contributed by atoms with Crippen molar-refractivity contribution in [3.8, 4) is 0 Å². The second-order valence-corrected chi connectivity index (χ2v) is 6.37. The van der Waals surface area contributed by atoms with Gasteiger partial charge in [-0.05, 0) is 37.5 Å². The zero-order valence-corrected chi connectivity index (χ0v) is 11.0. The molecule has 0 heterocycles. The number of rotatable bonds is 5. The van der Waals surface area contributed by atoms with E-state index in [2.05, 4.69) is 6.58 Å². The Balaban J connectivity index is 2.88. The molecule has 0 fully saturated rings. The van der Waals surface area contributed by atoms with E-state index in [9.17, 15) is 13.5 Å². The van der Waals surface area contributed by atoms with Gasteiger partial charge in [0, 0.05) is 6.26 Å². The molecule has 0 saturated heterocycles. The summed E-state index contributed by atoms with van der Waals surface area (Å²) in [5.74, 6) is 0. The molecule has 0 aliphatic rings. The minimum Gasteiger partial charge on any atom is -0.388 e. The Morgan fingerprint density at radius 3 is 2.65 bits per heavy atom. The highest BCUT2D eigenvalue weighted by molar-refractivity contribution is 7.90. The zero-order valence-electron chi connectivity index (χ0n) is 10.2. The minimum atomic E-state index is -3.22. The van der Waals surface area contributed by atoms with E-state index in [1.165, 1.54) is 12.1 Å². The largest absolute Gasteiger partial charge is 0.388 e. The molecule has 1 rings (SSSR count). The van der Waals surface area contributed by atoms with E-state index in [4.69, 9.17) is 0 Å². The van der Waals surface area contributed by atoms with E-state index >= 15 is 0 Å². The molecule has 0 amide bonds. The molecule has 3 nitrogen and oxygen atoms in total. The summed E-state index contributed by atoms with van der Waals surface area (Å²) in [5, 5.41) is 9.92. The van der Waals surface area contributed by atoms with Crippen LogP contribution in [0.3, 0.4) is 0 Å². The molecule has 0 aliphatic carbocycles. The van der Waals surface area contributed by atoms with Crippen LogP contribution in [0.15, 0.2) is 41.3 Å². The summed E-state index contributed by atoms with van der Waals surface area (Å²) in [5.41, 5.74) is 1.64. The predicted octanol–water partition coefficient (Wildman–Crippen LogP) is 2.48. The van der Waals surface area contributed by atoms with Gasteiger partial charge in [-0.2, -0.15) is 0 Å². The number of hydrogen-bond donors (Lipinski definition) is 1. The van der Waals surface area contributed by atoms with Crippen molar-refractivity contribution in [2.24, 2.45) is 0 Å². The molecular formula is C13H18O3S. The Morgan fingerprint density at radius 2 is 2.12 bits per heavy atom. The van der Waals surface area contributed by atoms with E-state index in [0.29, 0.717) is 12.0 Å². The van der Waals surface area contributed by atoms with E-state index in [1.807, 2.05) is 6.92 Å². The predicted molar refractivity (Wildman–Crippen MR) is 68.6 cm³/mol. The third-order valence-corrected chi connectivity index (χ3v) is 3.63. The van der Waals surface area contributed by atoms with E-state index in [0.717, 1.165) is 18.2 Å². The first-order valence-corrected chi connectivity index (χ1v) is 7.32. The van der Waals surface area contributed by atoms with Crippen molar-refractivity contribution in [1.82, 2.24) is 0 Å². The lowest BCUT2D eigenvalue weighted by Gasteiger charge is -2.11. The maximum Gasteiger partial charge on any atom is 0.175 e. The molecule has 1 unspecified atom stereocenters. The topological polar surface area (TPSA) is 54.4 Å². The molecule has 0 spiro atoms. The number of benzene rings is 1. The second-order valence-electron chi connectivity index (χ2n) is 4.36. The summed E-state index contributed by atoms with van der Waals surface area (Å²) in [6, 6.07) is 6.44. The van der Waals surface area contributed by atoms with Crippen LogP contribution in [-0.2, 0) is 9.84 Å². The fraction of sp³-hybridized carbons (Fsp3) is 0.385. The highest BCUT2D eigenvalue weighted by Crippen LogP contribution is 2.22. The third-order valence-electron chi connectivity index (χ3n) is 2.52. The monoisotopic (exact) mass is 254 g/mol. The summed E-state index contributed by atoms with van der Waals surface area (Å²) < 4.78 is 22.8. The molecule has 1 aromatic rings. The van der Waals surface area contributed by atoms with Crippen LogP contribution in [-0.4, -0.2) is 19.8 Å². The number of allylic oxidation sites excluding steroid dienone is 1. The Kier molecular flexibility index (Phi) is 4.48. The zero-order chi connectivity index (χ0) is 13.1. The summed E-state index contributed by atoms with van der Waals surface area (Å²) in [6.07, 6.45) is 1.80. The van der Waals surface area contributed by atoms with Gasteiger partial charge < -0.3 is 5.11 Å². The van der Waals surface area contributed by atoms with Crippen LogP contribution in [0.1, 0.15) is 31.4 Å². The molecule has 1 atom stereocenters. The fourth-order valence-corrected chi connectivity index (χ4v) is 2.18. The van der Waals surface area contributed by atoms with Crippen molar-refractivity contribution in [2.45, 2.75) is 30.8 Å². The molecule has 94 valence electrons. The average Bonchev–Trinajstić information content (AvgIpc) is 2.25. The summed E-state index contributed by atoms with van der Waals surface area (Å²) in [4.78, 5) is 0.240. The van der Waals surface area contributed by atoms with Crippen molar-refractivity contribution in [3.05, 3.63) is 42.0 Å². The van der Waals surface area contributed by atoms with Crippen LogP contribution in [0.25, 0.3) is 0 Å². The summed E-state index contributed by atoms with van der Waals surface area (Å²) in [6.45, 7) is 5.67. The molecule has 0 aromatic heterocycles. The van der Waals surface area contributed by atoms with Crippen LogP contribution in [0.5, 0.6) is 0 Å². The van der Waals surface area contributed by atoms with Crippen molar-refractivity contribution in [3.63, 3.8) is 0 Å². The molecular weight excluding hydrogens is 236 g/mol. The van der Waals surface area contributed by atoms with E-state index < -0.39 is 15.9 Å². The quantitative estimate of drug-likeness (QED) is 0.821. The van der Waals surface area contributed by atoms with Crippen LogP contribution in [0.4, 0.5) is 0 Å². The minimum absolute atomic E-state index is 0.240. The lowest BCUT2D eigenvalue weighted by molar-refractivity contribution is 0.167. The average molecular weight is 254 g/mol. The highest BCUT2D eigenvalue weighted by Gasteiger charge is 2.12.